The molecule has 8 atom stereocenters. The van der Waals surface area contributed by atoms with Gasteiger partial charge in [0.05, 0.1) is 13.2 Å². The van der Waals surface area contributed by atoms with Gasteiger partial charge in [0.25, 0.3) is 0 Å². The van der Waals surface area contributed by atoms with Gasteiger partial charge in [-0.25, -0.2) is 9.78 Å². The van der Waals surface area contributed by atoms with Crippen LogP contribution in [0.4, 0.5) is 0 Å². The van der Waals surface area contributed by atoms with Crippen LogP contribution in [-0.4, -0.2) is 36.3 Å². The van der Waals surface area contributed by atoms with Gasteiger partial charge >= 0.3 is 0 Å². The molecule has 0 radical (unpaired) electrons. The third-order valence-electron chi connectivity index (χ3n) is 7.97. The van der Waals surface area contributed by atoms with E-state index in [2.05, 4.69) is 13.8 Å². The smallest absolute Gasteiger partial charge is 0.201 e. The van der Waals surface area contributed by atoms with E-state index in [9.17, 15) is 4.79 Å². The van der Waals surface area contributed by atoms with Crippen molar-refractivity contribution in [1.29, 1.82) is 0 Å². The summed E-state index contributed by atoms with van der Waals surface area (Å²) in [6.07, 6.45) is 3.11. The fourth-order valence-electron chi connectivity index (χ4n) is 6.15. The van der Waals surface area contributed by atoms with E-state index in [4.69, 9.17) is 29.7 Å². The minimum Gasteiger partial charge on any atom is -0.348 e. The average Bonchev–Trinajstić information content (AvgIpc) is 3.01. The molecule has 0 aromatic heterocycles. The zero-order chi connectivity index (χ0) is 21.8. The van der Waals surface area contributed by atoms with Crippen LogP contribution in [0.5, 0.6) is 0 Å². The molecule has 1 aliphatic carbocycles. The van der Waals surface area contributed by atoms with Crippen LogP contribution in [0.15, 0.2) is 24.3 Å². The van der Waals surface area contributed by atoms with Gasteiger partial charge in [-0.1, -0.05) is 38.1 Å². The molecular weight excluding hydrogens is 398 g/mol. The molecule has 5 fully saturated rings. The second-order valence-electron chi connectivity index (χ2n) is 9.91. The van der Waals surface area contributed by atoms with E-state index >= 15 is 0 Å². The third kappa shape index (κ3) is 3.46. The van der Waals surface area contributed by atoms with Crippen LogP contribution in [-0.2, 0) is 30.6 Å². The Morgan fingerprint density at radius 3 is 2.65 bits per heavy atom. The summed E-state index contributed by atoms with van der Waals surface area (Å²) in [5, 5.41) is 0. The first kappa shape index (κ1) is 21.5. The summed E-state index contributed by atoms with van der Waals surface area (Å²) in [7, 11) is 0. The number of Topliss-reactive ketones (excluding diaryl/α,β-unsaturated/α-hetero) is 1. The van der Waals surface area contributed by atoms with Crippen molar-refractivity contribution in [1.82, 2.24) is 0 Å². The molecule has 1 saturated carbocycles. The number of hydrogen-bond acceptors (Lipinski definition) is 7. The molecule has 5 aliphatic rings. The Hall–Kier alpha value is -1.35. The van der Waals surface area contributed by atoms with E-state index < -0.39 is 24.0 Å². The van der Waals surface area contributed by atoms with E-state index in [0.29, 0.717) is 24.0 Å². The first-order valence-electron chi connectivity index (χ1n) is 11.5. The largest absolute Gasteiger partial charge is 0.348 e. The summed E-state index contributed by atoms with van der Waals surface area (Å²) in [4.78, 5) is 23.8. The normalized spacial score (nSPS) is 43.9. The molecule has 7 nitrogen and oxygen atoms in total. The highest BCUT2D eigenvalue weighted by Gasteiger charge is 2.69. The maximum Gasteiger partial charge on any atom is 0.201 e. The maximum atomic E-state index is 11.7. The molecule has 31 heavy (non-hydrogen) atoms. The summed E-state index contributed by atoms with van der Waals surface area (Å²) in [6, 6.07) is 7.39. The minimum absolute atomic E-state index is 0.0120. The standard InChI is InChI=1S/C24H33NO6/c1-14-4-9-19-15(2)21(27-13-16-5-7-17(8-6-16)20(26)12-25)28-22-24(19)18(14)10-11-23(3,29-22)30-31-24/h5-8,14-15,18-19,21-22H,4,9-13,25H2,1-3H3/t14-,15-,18?,19?,21?,22?,23-,24-/m1/s1. The second kappa shape index (κ2) is 7.90. The Morgan fingerprint density at radius 1 is 1.13 bits per heavy atom. The molecule has 4 heterocycles. The molecule has 0 amide bonds. The highest BCUT2D eigenvalue weighted by Crippen LogP contribution is 2.60. The number of ether oxygens (including phenoxy) is 3. The Morgan fingerprint density at radius 2 is 1.90 bits per heavy atom. The van der Waals surface area contributed by atoms with Gasteiger partial charge in [-0.2, -0.15) is 0 Å². The molecule has 7 heteroatoms. The SMILES string of the molecule is C[C@H]1C(OCc2ccc(C(=O)CN)cc2)OC2O[C@@]3(C)CCC4[C@H](C)CCC1[C@@]24OO3. The van der Waals surface area contributed by atoms with E-state index in [0.717, 1.165) is 31.2 Å². The maximum absolute atomic E-state index is 11.7. The van der Waals surface area contributed by atoms with Crippen LogP contribution >= 0.6 is 0 Å². The topological polar surface area (TPSA) is 89.2 Å². The van der Waals surface area contributed by atoms with Crippen molar-refractivity contribution in [3.63, 3.8) is 0 Å². The van der Waals surface area contributed by atoms with Gasteiger partial charge in [0.1, 0.15) is 0 Å². The number of hydrogen-bond donors (Lipinski definition) is 1. The fourth-order valence-corrected chi connectivity index (χ4v) is 6.15. The van der Waals surface area contributed by atoms with Gasteiger partial charge < -0.3 is 19.9 Å². The fraction of sp³-hybridized carbons (Fsp3) is 0.708. The predicted octanol–water partition coefficient (Wildman–Crippen LogP) is 3.55. The number of rotatable bonds is 5. The number of nitrogens with two attached hydrogens (primary N) is 1. The number of carbonyl (C=O) groups excluding carboxylic acids is 1. The van der Waals surface area contributed by atoms with Crippen LogP contribution in [0.25, 0.3) is 0 Å². The van der Waals surface area contributed by atoms with Crippen molar-refractivity contribution < 1.29 is 28.8 Å². The number of fused-ring (bicyclic) bond motifs is 2. The molecule has 4 aliphatic heterocycles. The van der Waals surface area contributed by atoms with Gasteiger partial charge in [-0.3, -0.25) is 4.79 Å². The third-order valence-corrected chi connectivity index (χ3v) is 7.97. The van der Waals surface area contributed by atoms with Crippen molar-refractivity contribution in [2.45, 2.75) is 77.0 Å². The summed E-state index contributed by atoms with van der Waals surface area (Å²) in [6.45, 7) is 6.82. The van der Waals surface area contributed by atoms with E-state index in [1.807, 2.05) is 19.1 Å². The van der Waals surface area contributed by atoms with Crippen molar-refractivity contribution in [2.24, 2.45) is 29.4 Å². The number of ketones is 1. The van der Waals surface area contributed by atoms with Gasteiger partial charge in [0.15, 0.2) is 24.0 Å². The molecular formula is C24H33NO6. The summed E-state index contributed by atoms with van der Waals surface area (Å²) >= 11 is 0. The monoisotopic (exact) mass is 431 g/mol. The Labute approximate surface area is 183 Å². The van der Waals surface area contributed by atoms with Crippen molar-refractivity contribution in [3.8, 4) is 0 Å². The van der Waals surface area contributed by atoms with Crippen LogP contribution in [0.3, 0.4) is 0 Å². The van der Waals surface area contributed by atoms with Gasteiger partial charge in [-0.15, -0.1) is 0 Å². The first-order valence-corrected chi connectivity index (χ1v) is 11.5. The first-order chi connectivity index (χ1) is 14.9. The van der Waals surface area contributed by atoms with Gasteiger partial charge in [0.2, 0.25) is 5.79 Å². The molecule has 1 aromatic rings. The molecule has 2 N–H and O–H groups in total. The lowest BCUT2D eigenvalue weighted by Crippen LogP contribution is -2.70. The average molecular weight is 432 g/mol. The predicted molar refractivity (Wildman–Crippen MR) is 111 cm³/mol. The zero-order valence-corrected chi connectivity index (χ0v) is 18.5. The van der Waals surface area contributed by atoms with E-state index in [1.54, 1.807) is 12.1 Å². The second-order valence-corrected chi connectivity index (χ2v) is 9.91. The lowest BCUT2D eigenvalue weighted by Gasteiger charge is -2.60. The Kier molecular flexibility index (Phi) is 5.48. The van der Waals surface area contributed by atoms with Gasteiger partial charge in [0, 0.05) is 23.8 Å². The van der Waals surface area contributed by atoms with E-state index in [1.165, 1.54) is 0 Å². The van der Waals surface area contributed by atoms with Crippen LogP contribution in [0, 0.1) is 23.7 Å². The summed E-state index contributed by atoms with van der Waals surface area (Å²) < 4.78 is 19.0. The summed E-state index contributed by atoms with van der Waals surface area (Å²) in [5.41, 5.74) is 6.47. The van der Waals surface area contributed by atoms with Gasteiger partial charge in [-0.05, 0) is 43.6 Å². The lowest BCUT2D eigenvalue weighted by atomic mass is 9.58. The molecule has 2 bridgehead atoms. The molecule has 1 aromatic carbocycles. The number of benzene rings is 1. The van der Waals surface area contributed by atoms with Crippen molar-refractivity contribution in [2.75, 3.05) is 6.54 Å². The zero-order valence-electron chi connectivity index (χ0n) is 18.5. The van der Waals surface area contributed by atoms with Crippen LogP contribution < -0.4 is 5.73 Å². The quantitative estimate of drug-likeness (QED) is 0.563. The highest BCUT2D eigenvalue weighted by molar-refractivity contribution is 5.97. The highest BCUT2D eigenvalue weighted by atomic mass is 17.3. The minimum atomic E-state index is -0.784. The lowest BCUT2D eigenvalue weighted by molar-refractivity contribution is -0.577. The molecule has 4 unspecified atom stereocenters. The molecule has 4 saturated heterocycles. The molecule has 1 spiro atoms. The van der Waals surface area contributed by atoms with Crippen LogP contribution in [0.1, 0.15) is 62.4 Å². The Bertz CT molecular complexity index is 830. The Balaban J connectivity index is 1.34. The van der Waals surface area contributed by atoms with Crippen molar-refractivity contribution in [3.05, 3.63) is 35.4 Å². The van der Waals surface area contributed by atoms with E-state index in [-0.39, 0.29) is 24.2 Å². The van der Waals surface area contributed by atoms with Crippen molar-refractivity contribution >= 4 is 5.78 Å². The molecule has 6 rings (SSSR count). The number of carbonyl (C=O) groups is 1. The van der Waals surface area contributed by atoms with Crippen LogP contribution in [0.2, 0.25) is 0 Å². The summed E-state index contributed by atoms with van der Waals surface area (Å²) in [5.74, 6) is 0.405. The molecule has 170 valence electrons.